The van der Waals surface area contributed by atoms with E-state index >= 15 is 0 Å². The van der Waals surface area contributed by atoms with Crippen LogP contribution in [0.25, 0.3) is 5.76 Å². The third-order valence-corrected chi connectivity index (χ3v) is 5.33. The van der Waals surface area contributed by atoms with Gasteiger partial charge in [0.05, 0.1) is 11.6 Å². The van der Waals surface area contributed by atoms with E-state index in [0.29, 0.717) is 24.5 Å². The van der Waals surface area contributed by atoms with E-state index in [0.717, 1.165) is 5.56 Å². The summed E-state index contributed by atoms with van der Waals surface area (Å²) in [5, 5.41) is 11.1. The number of amides is 1. The van der Waals surface area contributed by atoms with Gasteiger partial charge in [-0.2, -0.15) is 0 Å². The molecule has 3 rings (SSSR count). The number of halogens is 1. The molecule has 0 saturated carbocycles. The molecule has 1 N–H and O–H groups in total. The van der Waals surface area contributed by atoms with Crippen molar-refractivity contribution in [3.63, 3.8) is 0 Å². The number of hydrogen-bond acceptors (Lipinski definition) is 5. The molecule has 6 nitrogen and oxygen atoms in total. The largest absolute Gasteiger partial charge is 0.507 e. The van der Waals surface area contributed by atoms with Crippen LogP contribution in [-0.2, 0) is 9.59 Å². The first-order chi connectivity index (χ1) is 15.3. The van der Waals surface area contributed by atoms with Gasteiger partial charge in [0.25, 0.3) is 11.7 Å². The molecular weight excluding hydrogens is 411 g/mol. The quantitative estimate of drug-likeness (QED) is 0.295. The van der Waals surface area contributed by atoms with Crippen LogP contribution in [0, 0.1) is 12.7 Å². The summed E-state index contributed by atoms with van der Waals surface area (Å²) in [7, 11) is 3.68. The van der Waals surface area contributed by atoms with Gasteiger partial charge >= 0.3 is 0 Å². The Hall–Kier alpha value is -3.45. The summed E-state index contributed by atoms with van der Waals surface area (Å²) in [5.41, 5.74) is 1.12. The lowest BCUT2D eigenvalue weighted by atomic mass is 9.94. The number of carbonyl (C=O) groups is 2. The minimum Gasteiger partial charge on any atom is -0.507 e. The summed E-state index contributed by atoms with van der Waals surface area (Å²) in [6, 6.07) is 9.90. The average Bonchev–Trinajstić information content (AvgIpc) is 3.01. The van der Waals surface area contributed by atoms with Crippen molar-refractivity contribution in [3.8, 4) is 5.75 Å². The topological polar surface area (TPSA) is 70.1 Å². The van der Waals surface area contributed by atoms with Crippen molar-refractivity contribution in [1.82, 2.24) is 9.80 Å². The van der Waals surface area contributed by atoms with Gasteiger partial charge in [0.2, 0.25) is 0 Å². The normalized spacial score (nSPS) is 17.8. The number of nitrogens with zero attached hydrogens (tertiary/aromatic N) is 2. The lowest BCUT2D eigenvalue weighted by Gasteiger charge is -2.26. The van der Waals surface area contributed by atoms with Crippen LogP contribution in [-0.4, -0.2) is 60.4 Å². The monoisotopic (exact) mass is 438 g/mol. The van der Waals surface area contributed by atoms with Crippen LogP contribution in [0.15, 0.2) is 60.7 Å². The van der Waals surface area contributed by atoms with Gasteiger partial charge in [0.1, 0.15) is 23.9 Å². The van der Waals surface area contributed by atoms with Gasteiger partial charge in [-0.25, -0.2) is 4.39 Å². The molecule has 1 aliphatic heterocycles. The second-order valence-corrected chi connectivity index (χ2v) is 7.90. The number of aliphatic hydroxyl groups is 1. The molecule has 0 spiro atoms. The van der Waals surface area contributed by atoms with Crippen LogP contribution in [0.4, 0.5) is 4.39 Å². The van der Waals surface area contributed by atoms with Gasteiger partial charge in [-0.15, -0.1) is 0 Å². The van der Waals surface area contributed by atoms with E-state index in [1.807, 2.05) is 19.0 Å². The van der Waals surface area contributed by atoms with Crippen molar-refractivity contribution in [3.05, 3.63) is 83.2 Å². The summed E-state index contributed by atoms with van der Waals surface area (Å²) in [6.07, 6.45) is 1.62. The lowest BCUT2D eigenvalue weighted by Crippen LogP contribution is -2.35. The predicted octanol–water partition coefficient (Wildman–Crippen LogP) is 3.68. The van der Waals surface area contributed by atoms with Crippen molar-refractivity contribution >= 4 is 17.4 Å². The van der Waals surface area contributed by atoms with E-state index in [2.05, 4.69) is 6.58 Å². The molecule has 2 aromatic carbocycles. The fourth-order valence-electron chi connectivity index (χ4n) is 3.70. The van der Waals surface area contributed by atoms with Gasteiger partial charge in [0.15, 0.2) is 0 Å². The number of likely N-dealkylation sites (tertiary alicyclic amines) is 1. The first-order valence-corrected chi connectivity index (χ1v) is 10.3. The number of likely N-dealkylation sites (N-methyl/N-ethyl adjacent to an activating group) is 1. The first kappa shape index (κ1) is 23.2. The van der Waals surface area contributed by atoms with Crippen molar-refractivity contribution in [2.75, 3.05) is 33.8 Å². The van der Waals surface area contributed by atoms with Crippen LogP contribution in [0.1, 0.15) is 22.7 Å². The summed E-state index contributed by atoms with van der Waals surface area (Å²) in [6.45, 7) is 6.44. The lowest BCUT2D eigenvalue weighted by molar-refractivity contribution is -0.140. The van der Waals surface area contributed by atoms with Crippen LogP contribution in [0.2, 0.25) is 0 Å². The molecule has 1 amide bonds. The van der Waals surface area contributed by atoms with Crippen LogP contribution in [0.5, 0.6) is 5.75 Å². The van der Waals surface area contributed by atoms with Crippen LogP contribution < -0.4 is 4.74 Å². The van der Waals surface area contributed by atoms with E-state index in [1.54, 1.807) is 37.3 Å². The Morgan fingerprint density at radius 1 is 1.25 bits per heavy atom. The van der Waals surface area contributed by atoms with Gasteiger partial charge in [-0.1, -0.05) is 30.9 Å². The molecule has 168 valence electrons. The van der Waals surface area contributed by atoms with E-state index in [-0.39, 0.29) is 23.4 Å². The summed E-state index contributed by atoms with van der Waals surface area (Å²) < 4.78 is 20.3. The molecule has 1 heterocycles. The standard InChI is InChI=1S/C25H27FN2O4/c1-5-14-32-20-11-10-17(15-16(20)2)23(29)21-22(18-8-6-7-9-19(18)26)28(13-12-27(3)4)25(31)24(21)30/h5-11,15,22,29H,1,12-14H2,2-4H3/t22-/m1/s1. The zero-order chi connectivity index (χ0) is 23.4. The van der Waals surface area contributed by atoms with Gasteiger partial charge in [-0.05, 0) is 50.8 Å². The third kappa shape index (κ3) is 4.57. The molecule has 2 aromatic rings. The minimum atomic E-state index is -1.02. The highest BCUT2D eigenvalue weighted by Crippen LogP contribution is 2.40. The van der Waals surface area contributed by atoms with E-state index in [4.69, 9.17) is 4.74 Å². The predicted molar refractivity (Wildman–Crippen MR) is 121 cm³/mol. The molecule has 0 radical (unpaired) electrons. The van der Waals surface area contributed by atoms with Crippen LogP contribution >= 0.6 is 0 Å². The second-order valence-electron chi connectivity index (χ2n) is 7.90. The van der Waals surface area contributed by atoms with Gasteiger partial charge in [0, 0.05) is 24.2 Å². The smallest absolute Gasteiger partial charge is 0.295 e. The molecule has 1 saturated heterocycles. The van der Waals surface area contributed by atoms with Crippen molar-refractivity contribution in [1.29, 1.82) is 0 Å². The minimum absolute atomic E-state index is 0.127. The molecule has 1 atom stereocenters. The molecule has 0 aromatic heterocycles. The van der Waals surface area contributed by atoms with Gasteiger partial charge in [-0.3, -0.25) is 9.59 Å². The molecule has 1 aliphatic rings. The number of carbonyl (C=O) groups excluding carboxylic acids is 2. The molecule has 0 aliphatic carbocycles. The van der Waals surface area contributed by atoms with Crippen molar-refractivity contribution < 1.29 is 23.8 Å². The number of aryl methyl sites for hydroxylation is 1. The maximum Gasteiger partial charge on any atom is 0.295 e. The number of ether oxygens (including phenoxy) is 1. The maximum absolute atomic E-state index is 14.8. The first-order valence-electron chi connectivity index (χ1n) is 10.3. The Labute approximate surface area is 187 Å². The third-order valence-electron chi connectivity index (χ3n) is 5.33. The summed E-state index contributed by atoms with van der Waals surface area (Å²) >= 11 is 0. The van der Waals surface area contributed by atoms with Crippen molar-refractivity contribution in [2.45, 2.75) is 13.0 Å². The molecule has 1 fully saturated rings. The fourth-order valence-corrected chi connectivity index (χ4v) is 3.70. The van der Waals surface area contributed by atoms with Gasteiger partial charge < -0.3 is 19.6 Å². The zero-order valence-electron chi connectivity index (χ0n) is 18.5. The number of rotatable bonds is 8. The second kappa shape index (κ2) is 9.78. The molecule has 32 heavy (non-hydrogen) atoms. The highest BCUT2D eigenvalue weighted by molar-refractivity contribution is 6.46. The Balaban J connectivity index is 2.12. The highest BCUT2D eigenvalue weighted by Gasteiger charge is 2.46. The highest BCUT2D eigenvalue weighted by atomic mass is 19.1. The number of hydrogen-bond donors (Lipinski definition) is 1. The summed E-state index contributed by atoms with van der Waals surface area (Å²) in [4.78, 5) is 29.0. The maximum atomic E-state index is 14.8. The molecular formula is C25H27FN2O4. The number of aliphatic hydroxyl groups excluding tert-OH is 1. The van der Waals surface area contributed by atoms with Crippen molar-refractivity contribution in [2.24, 2.45) is 0 Å². The van der Waals surface area contributed by atoms with Crippen LogP contribution in [0.3, 0.4) is 0 Å². The van der Waals surface area contributed by atoms with E-state index in [9.17, 15) is 19.1 Å². The van der Waals surface area contributed by atoms with E-state index < -0.39 is 23.5 Å². The number of ketones is 1. The zero-order valence-corrected chi connectivity index (χ0v) is 18.5. The molecule has 7 heteroatoms. The SMILES string of the molecule is C=CCOc1ccc(C(O)=C2C(=O)C(=O)N(CCN(C)C)[C@@H]2c2ccccc2F)cc1C. The fraction of sp³-hybridized carbons (Fsp3) is 0.280. The van der Waals surface area contributed by atoms with E-state index in [1.165, 1.54) is 23.1 Å². The Kier molecular flexibility index (Phi) is 7.10. The Morgan fingerprint density at radius 2 is 1.97 bits per heavy atom. The Bertz CT molecular complexity index is 1080. The average molecular weight is 438 g/mol. The molecule has 0 bridgehead atoms. The Morgan fingerprint density at radius 3 is 2.59 bits per heavy atom. The number of Topliss-reactive ketones (excluding diaryl/α,β-unsaturated/α-hetero) is 1. The number of benzene rings is 2. The molecule has 0 unspecified atom stereocenters. The summed E-state index contributed by atoms with van der Waals surface area (Å²) in [5.74, 6) is -1.88.